The highest BCUT2D eigenvalue weighted by Gasteiger charge is 2.29. The summed E-state index contributed by atoms with van der Waals surface area (Å²) in [6.07, 6.45) is -0.124. The van der Waals surface area contributed by atoms with Crippen molar-refractivity contribution in [2.75, 3.05) is 18.5 Å². The number of aryl methyl sites for hydroxylation is 1. The van der Waals surface area contributed by atoms with Gasteiger partial charge in [0.1, 0.15) is 12.4 Å². The van der Waals surface area contributed by atoms with Gasteiger partial charge in [0, 0.05) is 25.6 Å². The molecule has 3 aromatic rings. The molecule has 34 heavy (non-hydrogen) atoms. The predicted octanol–water partition coefficient (Wildman–Crippen LogP) is 3.62. The number of amides is 2. The molecule has 0 fully saturated rings. The highest BCUT2D eigenvalue weighted by molar-refractivity contribution is 5.94. The zero-order valence-corrected chi connectivity index (χ0v) is 18.9. The number of carboxylic acids is 1. The summed E-state index contributed by atoms with van der Waals surface area (Å²) in [5, 5.41) is 18.2. The Kier molecular flexibility index (Phi) is 6.62. The van der Waals surface area contributed by atoms with Gasteiger partial charge in [0.15, 0.2) is 5.69 Å². The molecule has 1 aliphatic carbocycles. The summed E-state index contributed by atoms with van der Waals surface area (Å²) in [7, 11) is 1.54. The summed E-state index contributed by atoms with van der Waals surface area (Å²) in [6.45, 7) is 2.11. The molecule has 0 bridgehead atoms. The van der Waals surface area contributed by atoms with Crippen molar-refractivity contribution >= 4 is 23.8 Å². The molecule has 0 saturated carbocycles. The Hall–Kier alpha value is -4.14. The molecule has 2 amide bonds. The monoisotopic (exact) mass is 462 g/mol. The van der Waals surface area contributed by atoms with E-state index in [2.05, 4.69) is 27.9 Å². The number of anilines is 1. The first-order valence-electron chi connectivity index (χ1n) is 11.1. The van der Waals surface area contributed by atoms with Gasteiger partial charge < -0.3 is 20.5 Å². The lowest BCUT2D eigenvalue weighted by atomic mass is 9.98. The van der Waals surface area contributed by atoms with Crippen molar-refractivity contribution in [3.8, 4) is 11.1 Å². The van der Waals surface area contributed by atoms with Crippen LogP contribution in [0.5, 0.6) is 0 Å². The Morgan fingerprint density at radius 3 is 2.26 bits per heavy atom. The van der Waals surface area contributed by atoms with Gasteiger partial charge in [-0.3, -0.25) is 9.48 Å². The third-order valence-corrected chi connectivity index (χ3v) is 6.05. The maximum Gasteiger partial charge on any atom is 0.407 e. The molecule has 1 unspecified atom stereocenters. The number of ether oxygens (including phenoxy) is 1. The van der Waals surface area contributed by atoms with Crippen molar-refractivity contribution in [3.05, 3.63) is 71.4 Å². The van der Waals surface area contributed by atoms with Crippen LogP contribution in [0.2, 0.25) is 0 Å². The van der Waals surface area contributed by atoms with Gasteiger partial charge in [0.2, 0.25) is 5.91 Å². The van der Waals surface area contributed by atoms with E-state index < -0.39 is 18.0 Å². The number of aromatic nitrogens is 2. The van der Waals surface area contributed by atoms with Crippen LogP contribution in [0, 0.1) is 5.92 Å². The molecule has 1 atom stereocenters. The number of hydrogen-bond donors (Lipinski definition) is 3. The lowest BCUT2D eigenvalue weighted by Gasteiger charge is -2.17. The van der Waals surface area contributed by atoms with Crippen molar-refractivity contribution in [3.63, 3.8) is 0 Å². The summed E-state index contributed by atoms with van der Waals surface area (Å²) in [5.41, 5.74) is 4.38. The highest BCUT2D eigenvalue weighted by Crippen LogP contribution is 2.44. The predicted molar refractivity (Wildman–Crippen MR) is 126 cm³/mol. The number of fused-ring (bicyclic) bond motifs is 3. The molecule has 1 aromatic heterocycles. The van der Waals surface area contributed by atoms with Crippen LogP contribution >= 0.6 is 0 Å². The zero-order valence-electron chi connectivity index (χ0n) is 18.9. The zero-order chi connectivity index (χ0) is 24.2. The van der Waals surface area contributed by atoms with E-state index in [1.165, 1.54) is 17.8 Å². The Bertz CT molecular complexity index is 1190. The molecule has 0 spiro atoms. The van der Waals surface area contributed by atoms with E-state index in [0.717, 1.165) is 22.3 Å². The van der Waals surface area contributed by atoms with Crippen molar-refractivity contribution in [2.45, 2.75) is 19.3 Å². The second-order valence-electron chi connectivity index (χ2n) is 8.14. The van der Waals surface area contributed by atoms with Crippen molar-refractivity contribution in [1.29, 1.82) is 0 Å². The summed E-state index contributed by atoms with van der Waals surface area (Å²) in [5.74, 6) is -1.83. The van der Waals surface area contributed by atoms with Gasteiger partial charge in [-0.25, -0.2) is 9.59 Å². The topological polar surface area (TPSA) is 123 Å². The molecule has 9 nitrogen and oxygen atoms in total. The molecule has 0 aliphatic heterocycles. The highest BCUT2D eigenvalue weighted by atomic mass is 16.5. The van der Waals surface area contributed by atoms with Gasteiger partial charge in [0.05, 0.1) is 5.92 Å². The molecule has 176 valence electrons. The quantitative estimate of drug-likeness (QED) is 0.470. The average molecular weight is 463 g/mol. The van der Waals surface area contributed by atoms with Crippen molar-refractivity contribution in [2.24, 2.45) is 13.0 Å². The Labute approximate surface area is 196 Å². The number of carboxylic acid groups (broad SMARTS) is 1. The normalized spacial score (nSPS) is 13.0. The van der Waals surface area contributed by atoms with Crippen LogP contribution in [0.25, 0.3) is 11.1 Å². The maximum atomic E-state index is 12.6. The molecular weight excluding hydrogens is 436 g/mol. The number of benzene rings is 2. The molecule has 1 aliphatic rings. The molecular formula is C25H26N4O5. The minimum Gasteiger partial charge on any atom is -0.476 e. The standard InChI is InChI=1S/C25H26N4O5/c1-3-15(23(30)27-22-12-21(24(31)32)28-29(22)2)13-26-25(33)34-14-20-18-10-6-4-8-16(18)17-9-5-7-11-19(17)20/h4-12,15,20H,3,13-14H2,1-2H3,(H,26,33)(H,27,30)(H,31,32). The number of alkyl carbamates (subject to hydrolysis) is 1. The number of aromatic carboxylic acids is 1. The Balaban J connectivity index is 1.33. The lowest BCUT2D eigenvalue weighted by Crippen LogP contribution is -2.36. The van der Waals surface area contributed by atoms with Crippen LogP contribution in [0.15, 0.2) is 54.6 Å². The average Bonchev–Trinajstić information content (AvgIpc) is 3.36. The van der Waals surface area contributed by atoms with Crippen LogP contribution in [-0.2, 0) is 16.6 Å². The fourth-order valence-corrected chi connectivity index (χ4v) is 4.20. The number of rotatable bonds is 8. The van der Waals surface area contributed by atoms with Crippen LogP contribution in [0.3, 0.4) is 0 Å². The molecule has 0 radical (unpaired) electrons. The van der Waals surface area contributed by atoms with Gasteiger partial charge in [-0.15, -0.1) is 0 Å². The first-order valence-corrected chi connectivity index (χ1v) is 11.1. The summed E-state index contributed by atoms with van der Waals surface area (Å²) in [4.78, 5) is 36.1. The second kappa shape index (κ2) is 9.78. The molecule has 4 rings (SSSR count). The molecule has 0 saturated heterocycles. The van der Waals surface area contributed by atoms with Gasteiger partial charge in [-0.2, -0.15) is 5.10 Å². The van der Waals surface area contributed by atoms with E-state index in [1.807, 2.05) is 43.3 Å². The minimum absolute atomic E-state index is 0.0447. The fraction of sp³-hybridized carbons (Fsp3) is 0.280. The van der Waals surface area contributed by atoms with Crippen LogP contribution in [-0.4, -0.2) is 46.0 Å². The molecule has 3 N–H and O–H groups in total. The number of carbonyl (C=O) groups excluding carboxylic acids is 2. The first kappa shape index (κ1) is 23.0. The first-order chi connectivity index (χ1) is 16.4. The van der Waals surface area contributed by atoms with Crippen LogP contribution < -0.4 is 10.6 Å². The Morgan fingerprint density at radius 1 is 1.09 bits per heavy atom. The van der Waals surface area contributed by atoms with Gasteiger partial charge in [-0.1, -0.05) is 55.5 Å². The van der Waals surface area contributed by atoms with E-state index in [4.69, 9.17) is 9.84 Å². The van der Waals surface area contributed by atoms with Gasteiger partial charge in [-0.05, 0) is 28.7 Å². The third-order valence-electron chi connectivity index (χ3n) is 6.05. The molecule has 1 heterocycles. The van der Waals surface area contributed by atoms with E-state index in [0.29, 0.717) is 6.42 Å². The van der Waals surface area contributed by atoms with E-state index >= 15 is 0 Å². The van der Waals surface area contributed by atoms with Gasteiger partial charge in [0.25, 0.3) is 0 Å². The van der Waals surface area contributed by atoms with Crippen LogP contribution in [0.4, 0.5) is 10.6 Å². The smallest absolute Gasteiger partial charge is 0.407 e. The third kappa shape index (κ3) is 4.63. The number of nitrogens with zero attached hydrogens (tertiary/aromatic N) is 2. The lowest BCUT2D eigenvalue weighted by molar-refractivity contribution is -0.119. The molecule has 2 aromatic carbocycles. The molecule has 9 heteroatoms. The van der Waals surface area contributed by atoms with E-state index in [1.54, 1.807) is 0 Å². The second-order valence-corrected chi connectivity index (χ2v) is 8.14. The van der Waals surface area contributed by atoms with Crippen LogP contribution in [0.1, 0.15) is 40.9 Å². The van der Waals surface area contributed by atoms with Gasteiger partial charge >= 0.3 is 12.1 Å². The minimum atomic E-state index is -1.18. The van der Waals surface area contributed by atoms with Crippen molar-refractivity contribution < 1.29 is 24.2 Å². The maximum absolute atomic E-state index is 12.6. The summed E-state index contributed by atoms with van der Waals surface area (Å²) < 4.78 is 6.81. The fourth-order valence-electron chi connectivity index (χ4n) is 4.20. The SMILES string of the molecule is CCC(CNC(=O)OCC1c2ccccc2-c2ccccc21)C(=O)Nc1cc(C(=O)O)nn1C. The van der Waals surface area contributed by atoms with E-state index in [-0.39, 0.29) is 36.5 Å². The van der Waals surface area contributed by atoms with E-state index in [9.17, 15) is 14.4 Å². The largest absolute Gasteiger partial charge is 0.476 e. The van der Waals surface area contributed by atoms with Crippen molar-refractivity contribution in [1.82, 2.24) is 15.1 Å². The number of carbonyl (C=O) groups is 3. The number of nitrogens with one attached hydrogen (secondary N) is 2. The summed E-state index contributed by atoms with van der Waals surface area (Å²) in [6, 6.07) is 17.5. The summed E-state index contributed by atoms with van der Waals surface area (Å²) >= 11 is 0. The number of hydrogen-bond acceptors (Lipinski definition) is 5. The Morgan fingerprint density at radius 2 is 1.71 bits per heavy atom.